The highest BCUT2D eigenvalue weighted by molar-refractivity contribution is 5.94. The van der Waals surface area contributed by atoms with Crippen molar-refractivity contribution in [1.82, 2.24) is 19.1 Å². The number of nitrogens with one attached hydrogen (secondary N) is 1. The number of nitrogens with two attached hydrogens (primary N) is 1. The Morgan fingerprint density at radius 1 is 1.39 bits per heavy atom. The Morgan fingerprint density at radius 2 is 2.11 bits per heavy atom. The molecule has 4 N–H and O–H groups in total. The molecule has 0 atom stereocenters. The number of aryl methyl sites for hydroxylation is 2. The Morgan fingerprint density at radius 3 is 2.75 bits per heavy atom. The van der Waals surface area contributed by atoms with Crippen LogP contribution in [0.5, 0.6) is 0 Å². The molecule has 0 saturated heterocycles. The molecule has 1 saturated carbocycles. The van der Waals surface area contributed by atoms with E-state index in [-0.39, 0.29) is 23.2 Å². The molecule has 1 aromatic carbocycles. The van der Waals surface area contributed by atoms with Crippen molar-refractivity contribution in [2.45, 2.75) is 31.9 Å². The van der Waals surface area contributed by atoms with Crippen LogP contribution in [0, 0.1) is 12.7 Å². The summed E-state index contributed by atoms with van der Waals surface area (Å²) in [5.74, 6) is -1.41. The number of aliphatic hydroxyl groups excluding tert-OH is 1. The van der Waals surface area contributed by atoms with Gasteiger partial charge in [0.25, 0.3) is 5.91 Å². The maximum Gasteiger partial charge on any atom is 0.330 e. The molecule has 0 radical (unpaired) electrons. The predicted molar refractivity (Wildman–Crippen MR) is 100.0 cm³/mol. The molecule has 4 rings (SSSR count). The van der Waals surface area contributed by atoms with Gasteiger partial charge in [-0.3, -0.25) is 13.9 Å². The smallest absolute Gasteiger partial charge is 0.330 e. The molecule has 1 aliphatic carbocycles. The summed E-state index contributed by atoms with van der Waals surface area (Å²) < 4.78 is 17.1. The van der Waals surface area contributed by atoms with Crippen molar-refractivity contribution in [3.05, 3.63) is 45.8 Å². The van der Waals surface area contributed by atoms with E-state index in [1.165, 1.54) is 16.8 Å². The lowest BCUT2D eigenvalue weighted by molar-refractivity contribution is 0.0484. The molecule has 146 valence electrons. The number of amides is 1. The standard InChI is InChI=1S/C18H19FN6O3/c1-8-3-11(15(20)27)12(19)6-13(8)22-17-21-7-14-16(23-17)25(18(28)24(14)2)9-4-10(26)5-9/h3,6-7,9-10,26H,4-5H2,1-2H3,(H2,20,27)(H,21,22,23). The third-order valence-corrected chi connectivity index (χ3v) is 5.11. The normalized spacial score (nSPS) is 18.9. The monoisotopic (exact) mass is 386 g/mol. The van der Waals surface area contributed by atoms with Crippen molar-refractivity contribution in [1.29, 1.82) is 0 Å². The minimum absolute atomic E-state index is 0.122. The summed E-state index contributed by atoms with van der Waals surface area (Å²) in [6.07, 6.45) is 2.08. The molecule has 28 heavy (non-hydrogen) atoms. The highest BCUT2D eigenvalue weighted by atomic mass is 19.1. The van der Waals surface area contributed by atoms with Crippen LogP contribution in [-0.4, -0.2) is 36.2 Å². The second-order valence-electron chi connectivity index (χ2n) is 7.03. The Bertz CT molecular complexity index is 1160. The number of halogens is 1. The number of imidazole rings is 1. The van der Waals surface area contributed by atoms with Gasteiger partial charge in [-0.15, -0.1) is 0 Å². The zero-order valence-electron chi connectivity index (χ0n) is 15.3. The van der Waals surface area contributed by atoms with Gasteiger partial charge in [-0.2, -0.15) is 4.98 Å². The molecule has 0 spiro atoms. The number of carbonyl (C=O) groups excluding carboxylic acids is 1. The zero-order chi connectivity index (χ0) is 20.2. The number of carbonyl (C=O) groups is 1. The third kappa shape index (κ3) is 2.82. The first-order valence-corrected chi connectivity index (χ1v) is 8.75. The van der Waals surface area contributed by atoms with Gasteiger partial charge < -0.3 is 16.2 Å². The molecule has 0 bridgehead atoms. The van der Waals surface area contributed by atoms with Crippen molar-refractivity contribution in [3.8, 4) is 0 Å². The van der Waals surface area contributed by atoms with Gasteiger partial charge in [0.1, 0.15) is 11.3 Å². The van der Waals surface area contributed by atoms with Gasteiger partial charge in [0.05, 0.1) is 17.9 Å². The second kappa shape index (κ2) is 6.41. The van der Waals surface area contributed by atoms with E-state index in [1.807, 2.05) is 0 Å². The summed E-state index contributed by atoms with van der Waals surface area (Å²) in [4.78, 5) is 32.5. The predicted octanol–water partition coefficient (Wildman–Crippen LogP) is 1.12. The highest BCUT2D eigenvalue weighted by Gasteiger charge is 2.32. The maximum atomic E-state index is 14.1. The molecular weight excluding hydrogens is 367 g/mol. The summed E-state index contributed by atoms with van der Waals surface area (Å²) >= 11 is 0. The van der Waals surface area contributed by atoms with E-state index in [0.29, 0.717) is 35.3 Å². The number of hydrogen-bond acceptors (Lipinski definition) is 6. The largest absolute Gasteiger partial charge is 0.393 e. The quantitative estimate of drug-likeness (QED) is 0.616. The fourth-order valence-corrected chi connectivity index (χ4v) is 3.42. The third-order valence-electron chi connectivity index (χ3n) is 5.11. The van der Waals surface area contributed by atoms with E-state index >= 15 is 0 Å². The number of aliphatic hydroxyl groups is 1. The van der Waals surface area contributed by atoms with Crippen molar-refractivity contribution < 1.29 is 14.3 Å². The topological polar surface area (TPSA) is 128 Å². The lowest BCUT2D eigenvalue weighted by Crippen LogP contribution is -2.37. The molecule has 1 fully saturated rings. The van der Waals surface area contributed by atoms with E-state index in [0.717, 1.165) is 6.07 Å². The highest BCUT2D eigenvalue weighted by Crippen LogP contribution is 2.33. The van der Waals surface area contributed by atoms with E-state index in [9.17, 15) is 19.1 Å². The molecular formula is C18H19FN6O3. The van der Waals surface area contributed by atoms with Gasteiger partial charge in [-0.05, 0) is 37.5 Å². The van der Waals surface area contributed by atoms with E-state index in [4.69, 9.17) is 5.73 Å². The maximum absolute atomic E-state index is 14.1. The van der Waals surface area contributed by atoms with Crippen molar-refractivity contribution in [2.75, 3.05) is 5.32 Å². The average molecular weight is 386 g/mol. The van der Waals surface area contributed by atoms with Crippen molar-refractivity contribution >= 4 is 28.7 Å². The summed E-state index contributed by atoms with van der Waals surface area (Å²) in [7, 11) is 1.63. The molecule has 3 aromatic rings. The SMILES string of the molecule is Cc1cc(C(N)=O)c(F)cc1Nc1ncc2c(n1)n(C1CC(O)C1)c(=O)n2C. The Hall–Kier alpha value is -3.27. The van der Waals surface area contributed by atoms with Crippen LogP contribution in [0.1, 0.15) is 34.8 Å². The first-order valence-electron chi connectivity index (χ1n) is 8.75. The van der Waals surface area contributed by atoms with Crippen LogP contribution in [0.25, 0.3) is 11.2 Å². The lowest BCUT2D eigenvalue weighted by Gasteiger charge is -2.31. The van der Waals surface area contributed by atoms with Gasteiger partial charge in [-0.25, -0.2) is 14.2 Å². The number of hydrogen-bond donors (Lipinski definition) is 3. The fourth-order valence-electron chi connectivity index (χ4n) is 3.42. The molecule has 2 aromatic heterocycles. The van der Waals surface area contributed by atoms with Crippen LogP contribution in [0.15, 0.2) is 23.1 Å². The van der Waals surface area contributed by atoms with Crippen LogP contribution >= 0.6 is 0 Å². The van der Waals surface area contributed by atoms with Gasteiger partial charge in [-0.1, -0.05) is 0 Å². The van der Waals surface area contributed by atoms with Crippen LogP contribution in [-0.2, 0) is 7.05 Å². The second-order valence-corrected chi connectivity index (χ2v) is 7.03. The molecule has 0 unspecified atom stereocenters. The molecule has 9 nitrogen and oxygen atoms in total. The van der Waals surface area contributed by atoms with E-state index < -0.39 is 17.8 Å². The van der Waals surface area contributed by atoms with Gasteiger partial charge in [0, 0.05) is 18.8 Å². The number of anilines is 2. The van der Waals surface area contributed by atoms with Crippen LogP contribution in [0.2, 0.25) is 0 Å². The Labute approximate surface area is 158 Å². The Kier molecular flexibility index (Phi) is 4.15. The number of benzene rings is 1. The Balaban J connectivity index is 1.75. The van der Waals surface area contributed by atoms with E-state index in [2.05, 4.69) is 15.3 Å². The molecule has 1 aliphatic rings. The zero-order valence-corrected chi connectivity index (χ0v) is 15.3. The number of rotatable bonds is 4. The number of nitrogens with zero attached hydrogens (tertiary/aromatic N) is 4. The fraction of sp³-hybridized carbons (Fsp3) is 0.333. The van der Waals surface area contributed by atoms with Crippen LogP contribution in [0.3, 0.4) is 0 Å². The first kappa shape index (κ1) is 18.1. The molecule has 0 aliphatic heterocycles. The van der Waals surface area contributed by atoms with Crippen molar-refractivity contribution in [2.24, 2.45) is 12.8 Å². The van der Waals surface area contributed by atoms with Crippen LogP contribution < -0.4 is 16.7 Å². The van der Waals surface area contributed by atoms with Gasteiger partial charge >= 0.3 is 5.69 Å². The molecule has 2 heterocycles. The summed E-state index contributed by atoms with van der Waals surface area (Å²) in [6, 6.07) is 2.39. The molecule has 10 heteroatoms. The minimum atomic E-state index is -0.846. The summed E-state index contributed by atoms with van der Waals surface area (Å²) in [6.45, 7) is 1.70. The molecule has 1 amide bonds. The van der Waals surface area contributed by atoms with Gasteiger partial charge in [0.15, 0.2) is 5.65 Å². The summed E-state index contributed by atoms with van der Waals surface area (Å²) in [5, 5.41) is 12.5. The summed E-state index contributed by atoms with van der Waals surface area (Å²) in [5.41, 5.74) is 6.70. The van der Waals surface area contributed by atoms with E-state index in [1.54, 1.807) is 18.5 Å². The first-order chi connectivity index (χ1) is 13.3. The van der Waals surface area contributed by atoms with Crippen molar-refractivity contribution in [3.63, 3.8) is 0 Å². The number of primary amides is 1. The number of fused-ring (bicyclic) bond motifs is 1. The lowest BCUT2D eigenvalue weighted by atomic mass is 9.89. The van der Waals surface area contributed by atoms with Gasteiger partial charge in [0.2, 0.25) is 5.95 Å². The average Bonchev–Trinajstić information content (AvgIpc) is 2.85. The minimum Gasteiger partial charge on any atom is -0.393 e. The van der Waals surface area contributed by atoms with Crippen LogP contribution in [0.4, 0.5) is 16.0 Å². The number of aromatic nitrogens is 4.